The molecule has 0 unspecified atom stereocenters. The molecule has 2 aromatic carbocycles. The minimum atomic E-state index is -0.0362. The summed E-state index contributed by atoms with van der Waals surface area (Å²) in [4.78, 5) is 12.2. The molecule has 0 aliphatic carbocycles. The van der Waals surface area contributed by atoms with Gasteiger partial charge in [0, 0.05) is 0 Å². The van der Waals surface area contributed by atoms with Gasteiger partial charge in [0.05, 0.1) is 19.2 Å². The molecule has 0 fully saturated rings. The average molecular weight is 283 g/mol. The fourth-order valence-electron chi connectivity index (χ4n) is 2.33. The highest BCUT2D eigenvalue weighted by Crippen LogP contribution is 2.25. The molecule has 3 heteroatoms. The number of carbonyl (C=O) groups excluding carboxylic acids is 1. The third-order valence-electron chi connectivity index (χ3n) is 3.48. The van der Waals surface area contributed by atoms with Gasteiger partial charge in [-0.25, -0.2) is 0 Å². The van der Waals surface area contributed by atoms with E-state index in [0.717, 1.165) is 16.7 Å². The van der Waals surface area contributed by atoms with E-state index in [1.54, 1.807) is 7.11 Å². The highest BCUT2D eigenvalue weighted by Gasteiger charge is 2.10. The monoisotopic (exact) mass is 283 g/mol. The number of hydrogen-bond acceptors (Lipinski definition) is 2. The average Bonchev–Trinajstić information content (AvgIpc) is 2.42. The molecule has 1 amide bonds. The lowest BCUT2D eigenvalue weighted by Gasteiger charge is -2.12. The highest BCUT2D eigenvalue weighted by molar-refractivity contribution is 5.94. The molecule has 0 aromatic heterocycles. The summed E-state index contributed by atoms with van der Waals surface area (Å²) in [6.45, 7) is 6.07. The van der Waals surface area contributed by atoms with Crippen LogP contribution in [0.15, 0.2) is 36.4 Å². The molecule has 0 spiro atoms. The Hall–Kier alpha value is -2.29. The summed E-state index contributed by atoms with van der Waals surface area (Å²) in [6.07, 6.45) is 0.364. The van der Waals surface area contributed by atoms with Gasteiger partial charge in [-0.1, -0.05) is 29.8 Å². The van der Waals surface area contributed by atoms with E-state index in [4.69, 9.17) is 4.74 Å². The Morgan fingerprint density at radius 2 is 1.71 bits per heavy atom. The number of methoxy groups -OCH3 is 1. The standard InChI is InChI=1S/C18H21NO2/c1-12-5-7-15(14(3)9-12)11-18(20)19-16-10-13(2)6-8-17(16)21-4/h5-10H,11H2,1-4H3,(H,19,20). The van der Waals surface area contributed by atoms with Gasteiger partial charge in [0.2, 0.25) is 5.91 Å². The number of carbonyl (C=O) groups is 1. The molecule has 2 aromatic rings. The van der Waals surface area contributed by atoms with Crippen molar-refractivity contribution in [3.8, 4) is 5.75 Å². The first-order valence-electron chi connectivity index (χ1n) is 7.00. The van der Waals surface area contributed by atoms with Crippen molar-refractivity contribution in [1.29, 1.82) is 0 Å². The molecule has 0 bridgehead atoms. The Kier molecular flexibility index (Phi) is 4.63. The lowest BCUT2D eigenvalue weighted by atomic mass is 10.0. The minimum Gasteiger partial charge on any atom is -0.495 e. The van der Waals surface area contributed by atoms with Crippen LogP contribution in [0.25, 0.3) is 0 Å². The van der Waals surface area contributed by atoms with Gasteiger partial charge in [0.1, 0.15) is 5.75 Å². The second-order valence-corrected chi connectivity index (χ2v) is 5.36. The molecule has 0 atom stereocenters. The number of aryl methyl sites for hydroxylation is 3. The van der Waals surface area contributed by atoms with Crippen LogP contribution in [0.3, 0.4) is 0 Å². The number of hydrogen-bond donors (Lipinski definition) is 1. The van der Waals surface area contributed by atoms with Crippen LogP contribution in [0, 0.1) is 20.8 Å². The molecular weight excluding hydrogens is 262 g/mol. The fourth-order valence-corrected chi connectivity index (χ4v) is 2.33. The van der Waals surface area contributed by atoms with Crippen LogP contribution in [0.4, 0.5) is 5.69 Å². The number of benzene rings is 2. The van der Waals surface area contributed by atoms with Gasteiger partial charge in [0.25, 0.3) is 0 Å². The minimum absolute atomic E-state index is 0.0362. The van der Waals surface area contributed by atoms with Crippen molar-refractivity contribution in [2.75, 3.05) is 12.4 Å². The summed E-state index contributed by atoms with van der Waals surface area (Å²) in [6, 6.07) is 11.9. The predicted molar refractivity (Wildman–Crippen MR) is 86.0 cm³/mol. The maximum Gasteiger partial charge on any atom is 0.228 e. The quantitative estimate of drug-likeness (QED) is 0.926. The van der Waals surface area contributed by atoms with Crippen LogP contribution in [0.1, 0.15) is 22.3 Å². The van der Waals surface area contributed by atoms with Crippen molar-refractivity contribution in [2.45, 2.75) is 27.2 Å². The summed E-state index contributed by atoms with van der Waals surface area (Å²) in [5.74, 6) is 0.639. The molecule has 0 saturated carbocycles. The van der Waals surface area contributed by atoms with E-state index in [-0.39, 0.29) is 5.91 Å². The van der Waals surface area contributed by atoms with Gasteiger partial charge in [0.15, 0.2) is 0 Å². The Morgan fingerprint density at radius 1 is 1.05 bits per heavy atom. The summed E-state index contributed by atoms with van der Waals surface area (Å²) in [5, 5.41) is 2.93. The van der Waals surface area contributed by atoms with Crippen molar-refractivity contribution < 1.29 is 9.53 Å². The molecule has 0 aliphatic rings. The van der Waals surface area contributed by atoms with E-state index < -0.39 is 0 Å². The zero-order valence-electron chi connectivity index (χ0n) is 13.0. The van der Waals surface area contributed by atoms with Gasteiger partial charge < -0.3 is 10.1 Å². The molecular formula is C18H21NO2. The molecule has 110 valence electrons. The third kappa shape index (κ3) is 3.85. The number of amides is 1. The van der Waals surface area contributed by atoms with Crippen molar-refractivity contribution in [3.63, 3.8) is 0 Å². The number of anilines is 1. The topological polar surface area (TPSA) is 38.3 Å². The lowest BCUT2D eigenvalue weighted by Crippen LogP contribution is -2.15. The Balaban J connectivity index is 2.13. The van der Waals surface area contributed by atoms with Crippen LogP contribution in [0.5, 0.6) is 5.75 Å². The largest absolute Gasteiger partial charge is 0.495 e. The Labute approximate surface area is 126 Å². The van der Waals surface area contributed by atoms with Crippen LogP contribution < -0.4 is 10.1 Å². The number of nitrogens with one attached hydrogen (secondary N) is 1. The summed E-state index contributed by atoms with van der Waals surface area (Å²) >= 11 is 0. The van der Waals surface area contributed by atoms with Crippen LogP contribution in [-0.4, -0.2) is 13.0 Å². The second-order valence-electron chi connectivity index (χ2n) is 5.36. The Morgan fingerprint density at radius 3 is 2.38 bits per heavy atom. The lowest BCUT2D eigenvalue weighted by molar-refractivity contribution is -0.115. The maximum atomic E-state index is 12.2. The van der Waals surface area contributed by atoms with Gasteiger partial charge in [-0.2, -0.15) is 0 Å². The van der Waals surface area contributed by atoms with Crippen LogP contribution >= 0.6 is 0 Å². The van der Waals surface area contributed by atoms with Gasteiger partial charge in [-0.3, -0.25) is 4.79 Å². The molecule has 1 N–H and O–H groups in total. The highest BCUT2D eigenvalue weighted by atomic mass is 16.5. The summed E-state index contributed by atoms with van der Waals surface area (Å²) in [5.41, 5.74) is 5.19. The fraction of sp³-hybridized carbons (Fsp3) is 0.278. The van der Waals surface area contributed by atoms with Crippen molar-refractivity contribution >= 4 is 11.6 Å². The first-order chi connectivity index (χ1) is 9.99. The van der Waals surface area contributed by atoms with Crippen LogP contribution in [0.2, 0.25) is 0 Å². The van der Waals surface area contributed by atoms with E-state index in [1.807, 2.05) is 44.2 Å². The molecule has 21 heavy (non-hydrogen) atoms. The van der Waals surface area contributed by atoms with E-state index >= 15 is 0 Å². The van der Waals surface area contributed by atoms with E-state index in [1.165, 1.54) is 5.56 Å². The second kappa shape index (κ2) is 6.44. The molecule has 0 saturated heterocycles. The number of ether oxygens (including phenoxy) is 1. The normalized spacial score (nSPS) is 10.3. The SMILES string of the molecule is COc1ccc(C)cc1NC(=O)Cc1ccc(C)cc1C. The van der Waals surface area contributed by atoms with E-state index in [9.17, 15) is 4.79 Å². The zero-order valence-corrected chi connectivity index (χ0v) is 13.0. The zero-order chi connectivity index (χ0) is 15.4. The first kappa shape index (κ1) is 15.1. The third-order valence-corrected chi connectivity index (χ3v) is 3.48. The maximum absolute atomic E-state index is 12.2. The summed E-state index contributed by atoms with van der Waals surface area (Å²) in [7, 11) is 1.60. The summed E-state index contributed by atoms with van der Waals surface area (Å²) < 4.78 is 5.28. The van der Waals surface area contributed by atoms with Gasteiger partial charge in [-0.15, -0.1) is 0 Å². The van der Waals surface area contributed by atoms with Crippen LogP contribution in [-0.2, 0) is 11.2 Å². The van der Waals surface area contributed by atoms with Crippen molar-refractivity contribution in [2.24, 2.45) is 0 Å². The van der Waals surface area contributed by atoms with Crippen molar-refractivity contribution in [1.82, 2.24) is 0 Å². The van der Waals surface area contributed by atoms with Gasteiger partial charge >= 0.3 is 0 Å². The molecule has 0 aliphatic heterocycles. The van der Waals surface area contributed by atoms with Gasteiger partial charge in [-0.05, 0) is 49.6 Å². The molecule has 2 rings (SSSR count). The Bertz CT molecular complexity index is 662. The molecule has 0 radical (unpaired) electrons. The first-order valence-corrected chi connectivity index (χ1v) is 7.00. The molecule has 3 nitrogen and oxygen atoms in total. The van der Waals surface area contributed by atoms with E-state index in [2.05, 4.69) is 18.3 Å². The smallest absolute Gasteiger partial charge is 0.228 e. The molecule has 0 heterocycles. The van der Waals surface area contributed by atoms with Crippen molar-refractivity contribution in [3.05, 3.63) is 58.7 Å². The predicted octanol–water partition coefficient (Wildman–Crippen LogP) is 3.80. The van der Waals surface area contributed by atoms with E-state index in [0.29, 0.717) is 17.9 Å². The number of rotatable bonds is 4.